The number of aliphatic hydroxyl groups is 1. The van der Waals surface area contributed by atoms with Crippen molar-refractivity contribution in [2.45, 2.75) is 23.8 Å². The van der Waals surface area contributed by atoms with Gasteiger partial charge in [0, 0.05) is 18.4 Å². The Bertz CT molecular complexity index is 860. The van der Waals surface area contributed by atoms with Gasteiger partial charge in [0.2, 0.25) is 5.78 Å². The average molecular weight is 366 g/mol. The number of ketones is 1. The van der Waals surface area contributed by atoms with Crippen LogP contribution >= 0.6 is 11.3 Å². The molecule has 0 amide bonds. The molecule has 1 aromatic carbocycles. The normalized spacial score (nSPS) is 18.1. The summed E-state index contributed by atoms with van der Waals surface area (Å²) in [4.78, 5) is 19.5. The molecular weight excluding hydrogens is 348 g/mol. The summed E-state index contributed by atoms with van der Waals surface area (Å²) < 4.78 is 23.3. The van der Waals surface area contributed by atoms with Gasteiger partial charge in [-0.3, -0.25) is 4.79 Å². The summed E-state index contributed by atoms with van der Waals surface area (Å²) in [6.45, 7) is 0.884. The Labute approximate surface area is 144 Å². The molecule has 1 atom stereocenters. The number of sulfone groups is 1. The van der Waals surface area contributed by atoms with Crippen LogP contribution in [0.1, 0.15) is 28.1 Å². The maximum atomic E-state index is 12.6. The van der Waals surface area contributed by atoms with Crippen LogP contribution in [0.4, 0.5) is 5.13 Å². The van der Waals surface area contributed by atoms with Crippen molar-refractivity contribution in [3.63, 3.8) is 0 Å². The molecule has 0 bridgehead atoms. The third-order valence-corrected chi connectivity index (χ3v) is 6.22. The van der Waals surface area contributed by atoms with E-state index >= 15 is 0 Å². The molecule has 1 N–H and O–H groups in total. The van der Waals surface area contributed by atoms with E-state index in [1.54, 1.807) is 12.1 Å². The fourth-order valence-electron chi connectivity index (χ4n) is 2.79. The molecule has 0 spiro atoms. The van der Waals surface area contributed by atoms with Crippen molar-refractivity contribution in [2.24, 2.45) is 0 Å². The lowest BCUT2D eigenvalue weighted by molar-refractivity contribution is 0.104. The monoisotopic (exact) mass is 366 g/mol. The van der Waals surface area contributed by atoms with Crippen molar-refractivity contribution in [3.05, 3.63) is 40.9 Å². The number of hydrogen-bond donors (Lipinski definition) is 1. The standard InChI is InChI=1S/C16H18N2O4S2/c1-24(21,22)13-6-2-4-11(8-13)15(20)14-9-17-16(23-14)18-7-3-5-12(18)10-19/h2,4,6,8-9,12,19H,3,5,7,10H2,1H3/t12-/m0/s1. The fraction of sp³-hybridized carbons (Fsp3) is 0.375. The van der Waals surface area contributed by atoms with E-state index in [1.807, 2.05) is 4.90 Å². The second-order valence-electron chi connectivity index (χ2n) is 5.81. The summed E-state index contributed by atoms with van der Waals surface area (Å²) in [5, 5.41) is 10.1. The van der Waals surface area contributed by atoms with E-state index in [4.69, 9.17) is 0 Å². The molecule has 6 nitrogen and oxygen atoms in total. The summed E-state index contributed by atoms with van der Waals surface area (Å²) in [5.74, 6) is -0.246. The first-order valence-corrected chi connectivity index (χ1v) is 10.3. The van der Waals surface area contributed by atoms with Crippen LogP contribution in [0.15, 0.2) is 35.4 Å². The minimum absolute atomic E-state index is 0.0488. The van der Waals surface area contributed by atoms with Crippen molar-refractivity contribution in [1.29, 1.82) is 0 Å². The first-order valence-electron chi connectivity index (χ1n) is 7.58. The van der Waals surface area contributed by atoms with Crippen LogP contribution in [0.2, 0.25) is 0 Å². The SMILES string of the molecule is CS(=O)(=O)c1cccc(C(=O)c2cnc(N3CCC[C@H]3CO)s2)c1. The number of carbonyl (C=O) groups is 1. The Kier molecular flexibility index (Phi) is 4.71. The molecule has 0 radical (unpaired) electrons. The summed E-state index contributed by atoms with van der Waals surface area (Å²) in [6.07, 6.45) is 4.53. The minimum Gasteiger partial charge on any atom is -0.394 e. The number of aromatic nitrogens is 1. The van der Waals surface area contributed by atoms with Gasteiger partial charge in [-0.05, 0) is 25.0 Å². The highest BCUT2D eigenvalue weighted by Crippen LogP contribution is 2.30. The highest BCUT2D eigenvalue weighted by atomic mass is 32.2. The van der Waals surface area contributed by atoms with E-state index in [0.29, 0.717) is 15.6 Å². The largest absolute Gasteiger partial charge is 0.394 e. The van der Waals surface area contributed by atoms with E-state index in [9.17, 15) is 18.3 Å². The predicted octanol–water partition coefficient (Wildman–Crippen LogP) is 1.74. The molecule has 1 saturated heterocycles. The first kappa shape index (κ1) is 17.1. The second-order valence-corrected chi connectivity index (χ2v) is 8.83. The quantitative estimate of drug-likeness (QED) is 0.811. The van der Waals surface area contributed by atoms with Crippen molar-refractivity contribution in [3.8, 4) is 0 Å². The van der Waals surface area contributed by atoms with Crippen molar-refractivity contribution in [2.75, 3.05) is 24.3 Å². The maximum absolute atomic E-state index is 12.6. The number of aliphatic hydroxyl groups excluding tert-OH is 1. The van der Waals surface area contributed by atoms with Gasteiger partial charge in [0.1, 0.15) is 0 Å². The van der Waals surface area contributed by atoms with Crippen LogP contribution < -0.4 is 4.90 Å². The van der Waals surface area contributed by atoms with Crippen LogP contribution in [-0.2, 0) is 9.84 Å². The Hall–Kier alpha value is -1.77. The van der Waals surface area contributed by atoms with E-state index in [-0.39, 0.29) is 23.3 Å². The molecule has 8 heteroatoms. The second kappa shape index (κ2) is 6.62. The maximum Gasteiger partial charge on any atom is 0.204 e. The van der Waals surface area contributed by atoms with E-state index in [1.165, 1.54) is 29.7 Å². The van der Waals surface area contributed by atoms with E-state index in [0.717, 1.165) is 25.6 Å². The number of benzene rings is 1. The molecule has 2 aromatic rings. The molecule has 0 unspecified atom stereocenters. The Morgan fingerprint density at radius 1 is 1.46 bits per heavy atom. The van der Waals surface area contributed by atoms with Gasteiger partial charge in [-0.2, -0.15) is 0 Å². The lowest BCUT2D eigenvalue weighted by atomic mass is 10.1. The molecular formula is C16H18N2O4S2. The van der Waals surface area contributed by atoms with Crippen LogP contribution in [0, 0.1) is 0 Å². The van der Waals surface area contributed by atoms with Gasteiger partial charge in [-0.25, -0.2) is 13.4 Å². The molecule has 1 aliphatic heterocycles. The molecule has 1 fully saturated rings. The van der Waals surface area contributed by atoms with Gasteiger partial charge in [0.25, 0.3) is 0 Å². The molecule has 2 heterocycles. The van der Waals surface area contributed by atoms with E-state index in [2.05, 4.69) is 4.98 Å². The fourth-order valence-corrected chi connectivity index (χ4v) is 4.43. The highest BCUT2D eigenvalue weighted by Gasteiger charge is 2.27. The zero-order chi connectivity index (χ0) is 17.3. The lowest BCUT2D eigenvalue weighted by Gasteiger charge is -2.21. The summed E-state index contributed by atoms with van der Waals surface area (Å²) in [6, 6.07) is 6.08. The van der Waals surface area contributed by atoms with Gasteiger partial charge in [0.15, 0.2) is 15.0 Å². The molecule has 0 aliphatic carbocycles. The third-order valence-electron chi connectivity index (χ3n) is 4.08. The molecule has 1 aliphatic rings. The van der Waals surface area contributed by atoms with Crippen LogP contribution in [0.25, 0.3) is 0 Å². The summed E-state index contributed by atoms with van der Waals surface area (Å²) >= 11 is 1.27. The number of thiazole rings is 1. The molecule has 0 saturated carbocycles. The average Bonchev–Trinajstić information content (AvgIpc) is 3.22. The predicted molar refractivity (Wildman–Crippen MR) is 92.6 cm³/mol. The Morgan fingerprint density at radius 2 is 2.25 bits per heavy atom. The smallest absolute Gasteiger partial charge is 0.204 e. The zero-order valence-electron chi connectivity index (χ0n) is 13.2. The molecule has 3 rings (SSSR count). The Morgan fingerprint density at radius 3 is 2.96 bits per heavy atom. The highest BCUT2D eigenvalue weighted by molar-refractivity contribution is 7.90. The number of rotatable bonds is 5. The first-order chi connectivity index (χ1) is 11.4. The van der Waals surface area contributed by atoms with Gasteiger partial charge < -0.3 is 10.0 Å². The summed E-state index contributed by atoms with van der Waals surface area (Å²) in [5.41, 5.74) is 0.327. The van der Waals surface area contributed by atoms with Gasteiger partial charge in [-0.15, -0.1) is 0 Å². The van der Waals surface area contributed by atoms with Crippen molar-refractivity contribution >= 4 is 32.1 Å². The molecule has 128 valence electrons. The molecule has 1 aromatic heterocycles. The van der Waals surface area contributed by atoms with E-state index < -0.39 is 9.84 Å². The van der Waals surface area contributed by atoms with Crippen molar-refractivity contribution < 1.29 is 18.3 Å². The summed E-state index contributed by atoms with van der Waals surface area (Å²) in [7, 11) is -3.36. The van der Waals surface area contributed by atoms with Crippen LogP contribution in [-0.4, -0.2) is 49.7 Å². The lowest BCUT2D eigenvalue weighted by Crippen LogP contribution is -2.31. The number of nitrogens with zero attached hydrogens (tertiary/aromatic N) is 2. The minimum atomic E-state index is -3.36. The van der Waals surface area contributed by atoms with Gasteiger partial charge in [0.05, 0.1) is 28.6 Å². The zero-order valence-corrected chi connectivity index (χ0v) is 14.8. The Balaban J connectivity index is 1.87. The topological polar surface area (TPSA) is 87.6 Å². The van der Waals surface area contributed by atoms with Crippen molar-refractivity contribution in [1.82, 2.24) is 4.98 Å². The number of carbonyl (C=O) groups excluding carboxylic acids is 1. The third kappa shape index (κ3) is 3.35. The van der Waals surface area contributed by atoms with Gasteiger partial charge in [-0.1, -0.05) is 23.5 Å². The van der Waals surface area contributed by atoms with Gasteiger partial charge >= 0.3 is 0 Å². The molecule has 24 heavy (non-hydrogen) atoms. The van der Waals surface area contributed by atoms with Crippen LogP contribution in [0.5, 0.6) is 0 Å². The number of anilines is 1. The number of hydrogen-bond acceptors (Lipinski definition) is 7. The van der Waals surface area contributed by atoms with Crippen LogP contribution in [0.3, 0.4) is 0 Å².